The highest BCUT2D eigenvalue weighted by molar-refractivity contribution is 5.79. The number of halogens is 3. The minimum absolute atomic E-state index is 0.0406. The highest BCUT2D eigenvalue weighted by Gasteiger charge is 2.30. The highest BCUT2D eigenvalue weighted by atomic mass is 19.4. The van der Waals surface area contributed by atoms with Crippen molar-refractivity contribution >= 4 is 17.5 Å². The number of hydrogen-bond acceptors (Lipinski definition) is 5. The fourth-order valence-corrected chi connectivity index (χ4v) is 3.10. The lowest BCUT2D eigenvalue weighted by molar-refractivity contribution is -0.138. The van der Waals surface area contributed by atoms with Gasteiger partial charge in [-0.1, -0.05) is 18.2 Å². The molecule has 1 aromatic carbocycles. The number of nitrogens with zero attached hydrogens (tertiary/aromatic N) is 4. The van der Waals surface area contributed by atoms with Crippen molar-refractivity contribution in [3.8, 4) is 0 Å². The lowest BCUT2D eigenvalue weighted by atomic mass is 10.1. The second-order valence-corrected chi connectivity index (χ2v) is 6.55. The predicted molar refractivity (Wildman–Crippen MR) is 100 cm³/mol. The molecule has 0 spiro atoms. The van der Waals surface area contributed by atoms with Crippen molar-refractivity contribution in [1.82, 2.24) is 15.1 Å². The Kier molecular flexibility index (Phi) is 6.01. The molecular formula is C19H22F3N5O. The standard InChI is InChI=1S/C19H22F3N5O/c1-2-23-16-6-7-17(25-24-16)26-8-10-27(11-9-26)18(28)13-14-4-3-5-15(12-14)19(20,21)22/h3-7,12H,2,8-11,13H2,1H3,(H,23,24). The molecule has 1 N–H and O–H groups in total. The van der Waals surface area contributed by atoms with E-state index in [2.05, 4.69) is 15.5 Å². The summed E-state index contributed by atoms with van der Waals surface area (Å²) in [4.78, 5) is 16.2. The van der Waals surface area contributed by atoms with E-state index in [1.54, 1.807) is 11.0 Å². The summed E-state index contributed by atoms with van der Waals surface area (Å²) in [5, 5.41) is 11.4. The summed E-state index contributed by atoms with van der Waals surface area (Å²) in [7, 11) is 0. The van der Waals surface area contributed by atoms with Crippen molar-refractivity contribution < 1.29 is 18.0 Å². The van der Waals surface area contributed by atoms with Crippen LogP contribution in [-0.2, 0) is 17.4 Å². The van der Waals surface area contributed by atoms with E-state index in [1.807, 2.05) is 24.0 Å². The van der Waals surface area contributed by atoms with E-state index in [1.165, 1.54) is 6.07 Å². The molecule has 1 amide bonds. The van der Waals surface area contributed by atoms with Gasteiger partial charge in [0.1, 0.15) is 5.82 Å². The quantitative estimate of drug-likeness (QED) is 0.847. The van der Waals surface area contributed by atoms with E-state index in [0.29, 0.717) is 37.6 Å². The topological polar surface area (TPSA) is 61.4 Å². The fourth-order valence-electron chi connectivity index (χ4n) is 3.10. The maximum absolute atomic E-state index is 12.8. The second-order valence-electron chi connectivity index (χ2n) is 6.55. The summed E-state index contributed by atoms with van der Waals surface area (Å²) in [5.41, 5.74) is -0.366. The van der Waals surface area contributed by atoms with Gasteiger partial charge in [-0.2, -0.15) is 13.2 Å². The molecule has 3 rings (SSSR count). The first-order chi connectivity index (χ1) is 13.4. The molecule has 0 aliphatic carbocycles. The van der Waals surface area contributed by atoms with Gasteiger partial charge in [0.15, 0.2) is 5.82 Å². The molecule has 150 valence electrons. The van der Waals surface area contributed by atoms with Crippen molar-refractivity contribution in [3.05, 3.63) is 47.5 Å². The average molecular weight is 393 g/mol. The molecule has 28 heavy (non-hydrogen) atoms. The molecule has 0 bridgehead atoms. The van der Waals surface area contributed by atoms with Crippen molar-refractivity contribution in [3.63, 3.8) is 0 Å². The molecule has 0 radical (unpaired) electrons. The molecule has 1 aliphatic heterocycles. The van der Waals surface area contributed by atoms with Crippen molar-refractivity contribution in [2.75, 3.05) is 42.9 Å². The molecule has 1 fully saturated rings. The van der Waals surface area contributed by atoms with Gasteiger partial charge in [0, 0.05) is 32.7 Å². The van der Waals surface area contributed by atoms with Crippen LogP contribution in [0.3, 0.4) is 0 Å². The van der Waals surface area contributed by atoms with Crippen molar-refractivity contribution in [1.29, 1.82) is 0 Å². The molecule has 0 unspecified atom stereocenters. The summed E-state index contributed by atoms with van der Waals surface area (Å²) in [5.74, 6) is 1.28. The Morgan fingerprint density at radius 1 is 1.11 bits per heavy atom. The van der Waals surface area contributed by atoms with E-state index in [4.69, 9.17) is 0 Å². The molecule has 0 atom stereocenters. The second kappa shape index (κ2) is 8.45. The van der Waals surface area contributed by atoms with E-state index in [9.17, 15) is 18.0 Å². The minimum Gasteiger partial charge on any atom is -0.369 e. The van der Waals surface area contributed by atoms with Crippen LogP contribution in [0.15, 0.2) is 36.4 Å². The van der Waals surface area contributed by atoms with Gasteiger partial charge in [-0.15, -0.1) is 10.2 Å². The van der Waals surface area contributed by atoms with Crippen molar-refractivity contribution in [2.24, 2.45) is 0 Å². The summed E-state index contributed by atoms with van der Waals surface area (Å²) < 4.78 is 38.4. The van der Waals surface area contributed by atoms with Crippen LogP contribution in [-0.4, -0.2) is 53.7 Å². The van der Waals surface area contributed by atoms with Crippen LogP contribution in [0.2, 0.25) is 0 Å². The number of piperazine rings is 1. The molecule has 2 aromatic rings. The van der Waals surface area contributed by atoms with Gasteiger partial charge < -0.3 is 15.1 Å². The van der Waals surface area contributed by atoms with Gasteiger partial charge in [0.2, 0.25) is 5.91 Å². The summed E-state index contributed by atoms with van der Waals surface area (Å²) in [6.45, 7) is 4.93. The number of aromatic nitrogens is 2. The molecule has 9 heteroatoms. The molecule has 6 nitrogen and oxygen atoms in total. The Hall–Kier alpha value is -2.84. The number of anilines is 2. The van der Waals surface area contributed by atoms with Crippen LogP contribution in [0.4, 0.5) is 24.8 Å². The molecule has 1 saturated heterocycles. The van der Waals surface area contributed by atoms with Gasteiger partial charge >= 0.3 is 6.18 Å². The number of amides is 1. The zero-order valence-electron chi connectivity index (χ0n) is 15.5. The van der Waals surface area contributed by atoms with Crippen LogP contribution in [0, 0.1) is 0 Å². The fraction of sp³-hybridized carbons (Fsp3) is 0.421. The van der Waals surface area contributed by atoms with Crippen molar-refractivity contribution in [2.45, 2.75) is 19.5 Å². The third-order valence-electron chi connectivity index (χ3n) is 4.57. The Bertz CT molecular complexity index is 802. The van der Waals surface area contributed by atoms with Gasteiger partial charge in [-0.25, -0.2) is 0 Å². The Morgan fingerprint density at radius 3 is 2.46 bits per heavy atom. The SMILES string of the molecule is CCNc1ccc(N2CCN(C(=O)Cc3cccc(C(F)(F)F)c3)CC2)nn1. The van der Waals surface area contributed by atoms with Crippen LogP contribution in [0.1, 0.15) is 18.1 Å². The molecule has 0 saturated carbocycles. The van der Waals surface area contributed by atoms with E-state index in [0.717, 1.165) is 24.5 Å². The Morgan fingerprint density at radius 2 is 1.86 bits per heavy atom. The normalized spacial score (nSPS) is 14.9. The minimum atomic E-state index is -4.41. The third-order valence-corrected chi connectivity index (χ3v) is 4.57. The summed E-state index contributed by atoms with van der Waals surface area (Å²) in [6.07, 6.45) is -4.45. The number of nitrogens with one attached hydrogen (secondary N) is 1. The first kappa shape index (κ1) is 19.9. The first-order valence-corrected chi connectivity index (χ1v) is 9.13. The monoisotopic (exact) mass is 393 g/mol. The summed E-state index contributed by atoms with van der Waals surface area (Å²) in [6, 6.07) is 8.66. The van der Waals surface area contributed by atoms with Gasteiger partial charge in [-0.05, 0) is 30.7 Å². The molecular weight excluding hydrogens is 371 g/mol. The maximum Gasteiger partial charge on any atom is 0.416 e. The Balaban J connectivity index is 1.55. The van der Waals surface area contributed by atoms with Crippen LogP contribution in [0.25, 0.3) is 0 Å². The zero-order valence-corrected chi connectivity index (χ0v) is 15.5. The molecule has 2 heterocycles. The lowest BCUT2D eigenvalue weighted by Crippen LogP contribution is -2.49. The van der Waals surface area contributed by atoms with E-state index < -0.39 is 11.7 Å². The van der Waals surface area contributed by atoms with E-state index >= 15 is 0 Å². The number of carbonyl (C=O) groups excluding carboxylic acids is 1. The largest absolute Gasteiger partial charge is 0.416 e. The lowest BCUT2D eigenvalue weighted by Gasteiger charge is -2.35. The van der Waals surface area contributed by atoms with E-state index in [-0.39, 0.29) is 12.3 Å². The molecule has 1 aromatic heterocycles. The number of hydrogen-bond donors (Lipinski definition) is 1. The first-order valence-electron chi connectivity index (χ1n) is 9.13. The molecule has 1 aliphatic rings. The zero-order chi connectivity index (χ0) is 20.1. The van der Waals surface area contributed by atoms with Crippen LogP contribution >= 0.6 is 0 Å². The van der Waals surface area contributed by atoms with Gasteiger partial charge in [0.05, 0.1) is 12.0 Å². The van der Waals surface area contributed by atoms with Gasteiger partial charge in [0.25, 0.3) is 0 Å². The smallest absolute Gasteiger partial charge is 0.369 e. The highest BCUT2D eigenvalue weighted by Crippen LogP contribution is 2.29. The average Bonchev–Trinajstić information content (AvgIpc) is 2.68. The number of alkyl halides is 3. The number of benzene rings is 1. The van der Waals surface area contributed by atoms with Crippen LogP contribution in [0.5, 0.6) is 0 Å². The third kappa shape index (κ3) is 4.90. The maximum atomic E-state index is 12.8. The Labute approximate surface area is 161 Å². The summed E-state index contributed by atoms with van der Waals surface area (Å²) >= 11 is 0. The van der Waals surface area contributed by atoms with Crippen LogP contribution < -0.4 is 10.2 Å². The number of rotatable bonds is 5. The van der Waals surface area contributed by atoms with Gasteiger partial charge in [-0.3, -0.25) is 4.79 Å². The predicted octanol–water partition coefficient (Wildman–Crippen LogP) is 2.82. The number of carbonyl (C=O) groups is 1.